The van der Waals surface area contributed by atoms with E-state index in [9.17, 15) is 18.3 Å². The molecule has 0 radical (unpaired) electrons. The molecule has 1 unspecified atom stereocenters. The number of hydrogen-bond acceptors (Lipinski definition) is 2. The molecular formula is C13H18F3NO. The SMILES string of the molecule is CC(C)(C)C(O)CCc1cnccc1C(F)(F)F. The van der Waals surface area contributed by atoms with Gasteiger partial charge >= 0.3 is 6.18 Å². The average Bonchev–Trinajstić information content (AvgIpc) is 2.23. The van der Waals surface area contributed by atoms with E-state index in [1.807, 2.05) is 20.8 Å². The first kappa shape index (κ1) is 15.0. The van der Waals surface area contributed by atoms with Crippen molar-refractivity contribution in [1.82, 2.24) is 4.98 Å². The van der Waals surface area contributed by atoms with Gasteiger partial charge in [-0.25, -0.2) is 0 Å². The van der Waals surface area contributed by atoms with Gasteiger partial charge in [0.25, 0.3) is 0 Å². The van der Waals surface area contributed by atoms with Crippen molar-refractivity contribution in [3.05, 3.63) is 29.6 Å². The van der Waals surface area contributed by atoms with Crippen molar-refractivity contribution in [3.63, 3.8) is 0 Å². The third-order valence-corrected chi connectivity index (χ3v) is 2.90. The number of rotatable bonds is 3. The van der Waals surface area contributed by atoms with Gasteiger partial charge in [-0.2, -0.15) is 13.2 Å². The van der Waals surface area contributed by atoms with Crippen molar-refractivity contribution in [2.24, 2.45) is 5.41 Å². The van der Waals surface area contributed by atoms with Crippen molar-refractivity contribution < 1.29 is 18.3 Å². The van der Waals surface area contributed by atoms with Crippen LogP contribution < -0.4 is 0 Å². The standard InChI is InChI=1S/C13H18F3NO/c1-12(2,3)11(18)5-4-9-8-17-7-6-10(9)13(14,15)16/h6-8,11,18H,4-5H2,1-3H3. The Morgan fingerprint density at radius 3 is 2.39 bits per heavy atom. The molecule has 0 spiro atoms. The van der Waals surface area contributed by atoms with E-state index in [0.717, 1.165) is 12.3 Å². The summed E-state index contributed by atoms with van der Waals surface area (Å²) in [6, 6.07) is 0.971. The first-order valence-electron chi connectivity index (χ1n) is 5.80. The van der Waals surface area contributed by atoms with Crippen LogP contribution in [-0.2, 0) is 12.6 Å². The van der Waals surface area contributed by atoms with Crippen LogP contribution in [0.5, 0.6) is 0 Å². The van der Waals surface area contributed by atoms with Gasteiger partial charge in [0.1, 0.15) is 0 Å². The summed E-state index contributed by atoms with van der Waals surface area (Å²) < 4.78 is 38.1. The van der Waals surface area contributed by atoms with Crippen LogP contribution in [0.15, 0.2) is 18.5 Å². The minimum absolute atomic E-state index is 0.133. The van der Waals surface area contributed by atoms with E-state index in [0.29, 0.717) is 0 Å². The zero-order chi connectivity index (χ0) is 14.0. The third-order valence-electron chi connectivity index (χ3n) is 2.90. The maximum atomic E-state index is 12.7. The van der Waals surface area contributed by atoms with Crippen LogP contribution in [0.1, 0.15) is 38.3 Å². The van der Waals surface area contributed by atoms with E-state index in [1.165, 1.54) is 6.20 Å². The first-order chi connectivity index (χ1) is 8.12. The Balaban J connectivity index is 2.80. The fraction of sp³-hybridized carbons (Fsp3) is 0.615. The predicted octanol–water partition coefficient (Wildman–Crippen LogP) is 3.44. The molecule has 0 amide bonds. The number of aliphatic hydroxyl groups excluding tert-OH is 1. The molecule has 18 heavy (non-hydrogen) atoms. The molecule has 1 heterocycles. The largest absolute Gasteiger partial charge is 0.416 e. The van der Waals surface area contributed by atoms with Crippen LogP contribution in [-0.4, -0.2) is 16.2 Å². The molecule has 0 saturated heterocycles. The second kappa shape index (κ2) is 5.26. The van der Waals surface area contributed by atoms with Gasteiger partial charge in [-0.3, -0.25) is 4.98 Å². The predicted molar refractivity (Wildman–Crippen MR) is 63.0 cm³/mol. The molecule has 0 fully saturated rings. The highest BCUT2D eigenvalue weighted by atomic mass is 19.4. The Morgan fingerprint density at radius 1 is 1.28 bits per heavy atom. The second-order valence-corrected chi connectivity index (χ2v) is 5.45. The van der Waals surface area contributed by atoms with Gasteiger partial charge in [-0.15, -0.1) is 0 Å². The molecule has 1 aromatic heterocycles. The van der Waals surface area contributed by atoms with E-state index < -0.39 is 17.8 Å². The zero-order valence-corrected chi connectivity index (χ0v) is 10.8. The number of halogens is 3. The minimum Gasteiger partial charge on any atom is -0.393 e. The van der Waals surface area contributed by atoms with Crippen molar-refractivity contribution in [2.75, 3.05) is 0 Å². The van der Waals surface area contributed by atoms with E-state index in [-0.39, 0.29) is 23.8 Å². The van der Waals surface area contributed by atoms with Crippen LogP contribution in [0, 0.1) is 5.41 Å². The summed E-state index contributed by atoms with van der Waals surface area (Å²) in [5.74, 6) is 0. The topological polar surface area (TPSA) is 33.1 Å². The number of alkyl halides is 3. The van der Waals surface area contributed by atoms with Crippen LogP contribution in [0.25, 0.3) is 0 Å². The lowest BCUT2D eigenvalue weighted by molar-refractivity contribution is -0.138. The molecule has 2 nitrogen and oxygen atoms in total. The molecule has 0 aromatic carbocycles. The summed E-state index contributed by atoms with van der Waals surface area (Å²) in [6.07, 6.45) is -2.20. The highest BCUT2D eigenvalue weighted by Crippen LogP contribution is 2.32. The van der Waals surface area contributed by atoms with Gasteiger partial charge in [0.2, 0.25) is 0 Å². The summed E-state index contributed by atoms with van der Waals surface area (Å²) >= 11 is 0. The fourth-order valence-corrected chi connectivity index (χ4v) is 1.63. The molecule has 0 saturated carbocycles. The Kier molecular flexibility index (Phi) is 4.37. The third kappa shape index (κ3) is 3.98. The number of aromatic nitrogens is 1. The van der Waals surface area contributed by atoms with Gasteiger partial charge in [0.05, 0.1) is 11.7 Å². The van der Waals surface area contributed by atoms with Gasteiger partial charge in [0.15, 0.2) is 0 Å². The van der Waals surface area contributed by atoms with Gasteiger partial charge in [-0.05, 0) is 29.9 Å². The maximum Gasteiger partial charge on any atom is 0.416 e. The Bertz CT molecular complexity index is 396. The molecule has 0 aliphatic carbocycles. The molecule has 0 aliphatic heterocycles. The summed E-state index contributed by atoms with van der Waals surface area (Å²) in [4.78, 5) is 3.72. The van der Waals surface area contributed by atoms with Crippen molar-refractivity contribution in [1.29, 1.82) is 0 Å². The van der Waals surface area contributed by atoms with Crippen molar-refractivity contribution >= 4 is 0 Å². The number of aryl methyl sites for hydroxylation is 1. The molecular weight excluding hydrogens is 243 g/mol. The van der Waals surface area contributed by atoms with E-state index in [4.69, 9.17) is 0 Å². The average molecular weight is 261 g/mol. The quantitative estimate of drug-likeness (QED) is 0.904. The molecule has 1 rings (SSSR count). The van der Waals surface area contributed by atoms with E-state index in [2.05, 4.69) is 4.98 Å². The maximum absolute atomic E-state index is 12.7. The fourth-order valence-electron chi connectivity index (χ4n) is 1.63. The number of hydrogen-bond donors (Lipinski definition) is 1. The summed E-state index contributed by atoms with van der Waals surface area (Å²) in [5, 5.41) is 9.84. The van der Waals surface area contributed by atoms with Crippen LogP contribution >= 0.6 is 0 Å². The molecule has 0 aliphatic rings. The molecule has 1 N–H and O–H groups in total. The molecule has 102 valence electrons. The van der Waals surface area contributed by atoms with E-state index in [1.54, 1.807) is 0 Å². The van der Waals surface area contributed by atoms with Crippen LogP contribution in [0.4, 0.5) is 13.2 Å². The van der Waals surface area contributed by atoms with Gasteiger partial charge in [-0.1, -0.05) is 20.8 Å². The Labute approximate surface area is 105 Å². The molecule has 0 bridgehead atoms. The summed E-state index contributed by atoms with van der Waals surface area (Å²) in [6.45, 7) is 5.56. The monoisotopic (exact) mass is 261 g/mol. The minimum atomic E-state index is -4.37. The van der Waals surface area contributed by atoms with Gasteiger partial charge < -0.3 is 5.11 Å². The Morgan fingerprint density at radius 2 is 1.89 bits per heavy atom. The van der Waals surface area contributed by atoms with Crippen molar-refractivity contribution in [2.45, 2.75) is 45.9 Å². The Hall–Kier alpha value is -1.10. The smallest absolute Gasteiger partial charge is 0.393 e. The molecule has 1 aromatic rings. The number of pyridine rings is 1. The number of aliphatic hydroxyl groups is 1. The summed E-state index contributed by atoms with van der Waals surface area (Å²) in [7, 11) is 0. The van der Waals surface area contributed by atoms with Crippen molar-refractivity contribution in [3.8, 4) is 0 Å². The van der Waals surface area contributed by atoms with Crippen LogP contribution in [0.2, 0.25) is 0 Å². The lowest BCUT2D eigenvalue weighted by atomic mass is 9.85. The molecule has 1 atom stereocenters. The normalized spacial score (nSPS) is 14.6. The van der Waals surface area contributed by atoms with Gasteiger partial charge in [0, 0.05) is 12.4 Å². The first-order valence-corrected chi connectivity index (χ1v) is 5.80. The number of nitrogens with zero attached hydrogens (tertiary/aromatic N) is 1. The van der Waals surface area contributed by atoms with E-state index >= 15 is 0 Å². The lowest BCUT2D eigenvalue weighted by Gasteiger charge is -2.26. The lowest BCUT2D eigenvalue weighted by Crippen LogP contribution is -2.26. The highest BCUT2D eigenvalue weighted by molar-refractivity contribution is 5.26. The zero-order valence-electron chi connectivity index (χ0n) is 10.8. The highest BCUT2D eigenvalue weighted by Gasteiger charge is 2.33. The second-order valence-electron chi connectivity index (χ2n) is 5.45. The summed E-state index contributed by atoms with van der Waals surface area (Å²) in [5.41, 5.74) is -0.868. The molecule has 5 heteroatoms. The van der Waals surface area contributed by atoms with Crippen LogP contribution in [0.3, 0.4) is 0 Å².